The topological polar surface area (TPSA) is 66.6 Å². The van der Waals surface area contributed by atoms with Gasteiger partial charge in [0.2, 0.25) is 0 Å². The first kappa shape index (κ1) is 12.0. The third-order valence-corrected chi connectivity index (χ3v) is 1.53. The van der Waals surface area contributed by atoms with Gasteiger partial charge in [-0.15, -0.1) is 0 Å². The van der Waals surface area contributed by atoms with E-state index in [0.717, 1.165) is 6.54 Å². The van der Waals surface area contributed by atoms with Crippen molar-refractivity contribution < 1.29 is 9.90 Å². The average Bonchev–Trinajstić information content (AvgIpc) is 1.98. The number of nitrogens with two attached hydrogens (primary N) is 1. The minimum absolute atomic E-state index is 0.467. The predicted octanol–water partition coefficient (Wildman–Crippen LogP) is 1.05. The van der Waals surface area contributed by atoms with E-state index in [-0.39, 0.29) is 0 Å². The van der Waals surface area contributed by atoms with Crippen molar-refractivity contribution in [2.24, 2.45) is 17.7 Å². The van der Waals surface area contributed by atoms with E-state index in [4.69, 9.17) is 10.9 Å². The van der Waals surface area contributed by atoms with Crippen molar-refractivity contribution >= 4 is 5.97 Å². The first-order chi connectivity index (χ1) is 5.93. The van der Waals surface area contributed by atoms with Crippen LogP contribution in [-0.4, -0.2) is 22.6 Å². The highest BCUT2D eigenvalue weighted by Crippen LogP contribution is 1.99. The zero-order valence-corrected chi connectivity index (χ0v) is 8.40. The molecule has 0 rings (SSSR count). The predicted molar refractivity (Wildman–Crippen MR) is 51.7 cm³/mol. The monoisotopic (exact) mass is 186 g/mol. The molecule has 76 valence electrons. The molecular formula is C9H18N2O2. The lowest BCUT2D eigenvalue weighted by Crippen LogP contribution is -2.29. The Labute approximate surface area is 79.0 Å². The summed E-state index contributed by atoms with van der Waals surface area (Å²) in [6.07, 6.45) is 3.18. The lowest BCUT2D eigenvalue weighted by Gasteiger charge is -2.16. The minimum Gasteiger partial charge on any atom is -0.481 e. The van der Waals surface area contributed by atoms with Gasteiger partial charge in [0.05, 0.1) is 5.92 Å². The van der Waals surface area contributed by atoms with Crippen LogP contribution in [0.3, 0.4) is 0 Å². The Bertz CT molecular complexity index is 190. The van der Waals surface area contributed by atoms with Gasteiger partial charge in [0.25, 0.3) is 0 Å². The lowest BCUT2D eigenvalue weighted by atomic mass is 10.2. The fourth-order valence-electron chi connectivity index (χ4n) is 0.804. The highest BCUT2D eigenvalue weighted by atomic mass is 16.4. The second-order valence-electron chi connectivity index (χ2n) is 3.56. The molecule has 0 aromatic heterocycles. The minimum atomic E-state index is -0.839. The Kier molecular flexibility index (Phi) is 5.14. The van der Waals surface area contributed by atoms with Gasteiger partial charge in [0, 0.05) is 12.7 Å². The second-order valence-corrected chi connectivity index (χ2v) is 3.56. The molecule has 0 amide bonds. The van der Waals surface area contributed by atoms with Gasteiger partial charge in [-0.05, 0) is 12.8 Å². The van der Waals surface area contributed by atoms with Gasteiger partial charge >= 0.3 is 5.97 Å². The molecular weight excluding hydrogens is 168 g/mol. The van der Waals surface area contributed by atoms with Crippen LogP contribution in [0.15, 0.2) is 12.3 Å². The zero-order valence-electron chi connectivity index (χ0n) is 8.40. The molecule has 1 unspecified atom stereocenters. The Morgan fingerprint density at radius 2 is 2.08 bits per heavy atom. The fourth-order valence-corrected chi connectivity index (χ4v) is 0.804. The van der Waals surface area contributed by atoms with Crippen molar-refractivity contribution in [3.05, 3.63) is 12.3 Å². The Hall–Kier alpha value is -1.03. The van der Waals surface area contributed by atoms with Gasteiger partial charge in [-0.3, -0.25) is 4.79 Å². The van der Waals surface area contributed by atoms with Crippen molar-refractivity contribution in [1.29, 1.82) is 0 Å². The van der Waals surface area contributed by atoms with Crippen molar-refractivity contribution in [3.63, 3.8) is 0 Å². The highest BCUT2D eigenvalue weighted by Gasteiger charge is 2.06. The molecule has 1 atom stereocenters. The standard InChI is InChI=1S/C9H18N2O2/c1-7(2)6-11(10)5-4-8(3)9(12)13/h4-5,7-8H,6,10H2,1-3H3,(H,12,13). The van der Waals surface area contributed by atoms with Gasteiger partial charge in [0.1, 0.15) is 0 Å². The van der Waals surface area contributed by atoms with Crippen LogP contribution < -0.4 is 5.84 Å². The van der Waals surface area contributed by atoms with E-state index in [2.05, 4.69) is 0 Å². The molecule has 4 heteroatoms. The third kappa shape index (κ3) is 6.16. The van der Waals surface area contributed by atoms with E-state index in [1.807, 2.05) is 13.8 Å². The average molecular weight is 186 g/mol. The first-order valence-corrected chi connectivity index (χ1v) is 4.36. The van der Waals surface area contributed by atoms with Crippen LogP contribution in [0.2, 0.25) is 0 Å². The van der Waals surface area contributed by atoms with E-state index in [9.17, 15) is 4.79 Å². The molecule has 0 spiro atoms. The maximum absolute atomic E-state index is 10.4. The molecule has 0 aliphatic rings. The van der Waals surface area contributed by atoms with Crippen molar-refractivity contribution in [1.82, 2.24) is 5.01 Å². The summed E-state index contributed by atoms with van der Waals surface area (Å²) in [6, 6.07) is 0. The van der Waals surface area contributed by atoms with Crippen LogP contribution >= 0.6 is 0 Å². The summed E-state index contributed by atoms with van der Waals surface area (Å²) in [4.78, 5) is 10.4. The van der Waals surface area contributed by atoms with E-state index in [1.165, 1.54) is 5.01 Å². The van der Waals surface area contributed by atoms with Crippen LogP contribution in [0.1, 0.15) is 20.8 Å². The maximum atomic E-state index is 10.4. The molecule has 0 saturated heterocycles. The van der Waals surface area contributed by atoms with Gasteiger partial charge < -0.3 is 10.1 Å². The molecule has 0 aromatic rings. The molecule has 0 heterocycles. The molecule has 3 N–H and O–H groups in total. The molecule has 0 radical (unpaired) electrons. The largest absolute Gasteiger partial charge is 0.481 e. The number of hydrogen-bond donors (Lipinski definition) is 2. The number of nitrogens with zero attached hydrogens (tertiary/aromatic N) is 1. The number of hydrogen-bond acceptors (Lipinski definition) is 3. The quantitative estimate of drug-likeness (QED) is 0.497. The fraction of sp³-hybridized carbons (Fsp3) is 0.667. The summed E-state index contributed by atoms with van der Waals surface area (Å²) >= 11 is 0. The van der Waals surface area contributed by atoms with Crippen LogP contribution in [0.5, 0.6) is 0 Å². The van der Waals surface area contributed by atoms with Crippen LogP contribution in [0, 0.1) is 11.8 Å². The number of carboxylic acids is 1. The van der Waals surface area contributed by atoms with Gasteiger partial charge in [0.15, 0.2) is 0 Å². The summed E-state index contributed by atoms with van der Waals surface area (Å²) in [7, 11) is 0. The third-order valence-electron chi connectivity index (χ3n) is 1.53. The van der Waals surface area contributed by atoms with E-state index < -0.39 is 11.9 Å². The van der Waals surface area contributed by atoms with Crippen LogP contribution in [-0.2, 0) is 4.79 Å². The van der Waals surface area contributed by atoms with Gasteiger partial charge in [-0.25, -0.2) is 5.84 Å². The molecule has 0 fully saturated rings. The van der Waals surface area contributed by atoms with Gasteiger partial charge in [-0.1, -0.05) is 19.9 Å². The Balaban J connectivity index is 3.89. The molecule has 0 aliphatic heterocycles. The van der Waals surface area contributed by atoms with Crippen molar-refractivity contribution in [2.75, 3.05) is 6.54 Å². The number of carbonyl (C=O) groups is 1. The number of aliphatic carboxylic acids is 1. The molecule has 0 saturated carbocycles. The molecule has 0 aliphatic carbocycles. The smallest absolute Gasteiger partial charge is 0.310 e. The summed E-state index contributed by atoms with van der Waals surface area (Å²) < 4.78 is 0. The van der Waals surface area contributed by atoms with E-state index in [0.29, 0.717) is 5.92 Å². The van der Waals surface area contributed by atoms with Crippen molar-refractivity contribution in [3.8, 4) is 0 Å². The first-order valence-electron chi connectivity index (χ1n) is 4.36. The van der Waals surface area contributed by atoms with Crippen LogP contribution in [0.4, 0.5) is 0 Å². The SMILES string of the molecule is CC(C)CN(N)C=CC(C)C(=O)O. The summed E-state index contributed by atoms with van der Waals surface area (Å²) in [5, 5.41) is 10.1. The number of hydrazine groups is 1. The van der Waals surface area contributed by atoms with Crippen molar-refractivity contribution in [2.45, 2.75) is 20.8 Å². The Morgan fingerprint density at radius 1 is 1.54 bits per heavy atom. The summed E-state index contributed by atoms with van der Waals surface area (Å²) in [5.41, 5.74) is 0. The number of rotatable bonds is 5. The van der Waals surface area contributed by atoms with E-state index in [1.54, 1.807) is 19.2 Å². The zero-order chi connectivity index (χ0) is 10.4. The molecule has 0 bridgehead atoms. The molecule has 13 heavy (non-hydrogen) atoms. The normalized spacial score (nSPS) is 13.6. The lowest BCUT2D eigenvalue weighted by molar-refractivity contribution is -0.139. The highest BCUT2D eigenvalue weighted by molar-refractivity contribution is 5.71. The molecule has 0 aromatic carbocycles. The Morgan fingerprint density at radius 3 is 2.46 bits per heavy atom. The van der Waals surface area contributed by atoms with Gasteiger partial charge in [-0.2, -0.15) is 0 Å². The van der Waals surface area contributed by atoms with E-state index >= 15 is 0 Å². The summed E-state index contributed by atoms with van der Waals surface area (Å²) in [6.45, 7) is 6.44. The van der Waals surface area contributed by atoms with Crippen LogP contribution in [0.25, 0.3) is 0 Å². The second kappa shape index (κ2) is 5.59. The maximum Gasteiger partial charge on any atom is 0.310 e. The number of carboxylic acid groups (broad SMARTS) is 1. The molecule has 4 nitrogen and oxygen atoms in total. The summed E-state index contributed by atoms with van der Waals surface area (Å²) in [5.74, 6) is 4.72.